The van der Waals surface area contributed by atoms with E-state index in [1.54, 1.807) is 11.7 Å². The summed E-state index contributed by atoms with van der Waals surface area (Å²) >= 11 is 0. The van der Waals surface area contributed by atoms with Gasteiger partial charge in [0.1, 0.15) is 11.6 Å². The van der Waals surface area contributed by atoms with Crippen molar-refractivity contribution in [3.05, 3.63) is 59.3 Å². The molecule has 1 aliphatic heterocycles. The minimum absolute atomic E-state index is 0.0154. The van der Waals surface area contributed by atoms with Crippen LogP contribution in [0.5, 0.6) is 0 Å². The van der Waals surface area contributed by atoms with Gasteiger partial charge >= 0.3 is 11.9 Å². The van der Waals surface area contributed by atoms with Crippen LogP contribution in [0.15, 0.2) is 36.4 Å². The first kappa shape index (κ1) is 17.0. The number of fused-ring (bicyclic) bond motifs is 1. The normalized spacial score (nSPS) is 14.2. The lowest BCUT2D eigenvalue weighted by molar-refractivity contribution is 0.0794. The number of H-pyrrole nitrogens is 1. The second kappa shape index (κ2) is 6.67. The molecule has 3 heterocycles. The standard InChI is InChI=1S/C18H19N7O2/c1-12-10-15-23(2)18(27)24(8-9-25(15)22-12)17(26)16-19-14(20-21-16)11-13-6-4-3-5-7-13/h3-7,10H,8-9,11H2,1-2H3,(H,19,20,21). The molecule has 0 aliphatic carbocycles. The summed E-state index contributed by atoms with van der Waals surface area (Å²) < 4.78 is 1.72. The summed E-state index contributed by atoms with van der Waals surface area (Å²) in [6.45, 7) is 2.50. The number of aromatic nitrogens is 5. The van der Waals surface area contributed by atoms with Gasteiger partial charge in [-0.3, -0.25) is 19.7 Å². The maximum Gasteiger partial charge on any atom is 0.332 e. The van der Waals surface area contributed by atoms with E-state index < -0.39 is 11.9 Å². The third-order valence-corrected chi connectivity index (χ3v) is 4.46. The molecule has 0 atom stereocenters. The van der Waals surface area contributed by atoms with Gasteiger partial charge in [0, 0.05) is 19.5 Å². The topological polar surface area (TPSA) is 100 Å². The number of urea groups is 1. The number of rotatable bonds is 3. The first-order valence-corrected chi connectivity index (χ1v) is 8.62. The van der Waals surface area contributed by atoms with Gasteiger partial charge in [-0.1, -0.05) is 30.3 Å². The Kier molecular flexibility index (Phi) is 4.19. The zero-order chi connectivity index (χ0) is 19.0. The second-order valence-corrected chi connectivity index (χ2v) is 6.43. The highest BCUT2D eigenvalue weighted by Gasteiger charge is 2.32. The molecule has 9 heteroatoms. The van der Waals surface area contributed by atoms with E-state index in [2.05, 4.69) is 20.3 Å². The highest BCUT2D eigenvalue weighted by atomic mass is 16.2. The fourth-order valence-electron chi connectivity index (χ4n) is 3.10. The van der Waals surface area contributed by atoms with Crippen molar-refractivity contribution < 1.29 is 9.59 Å². The first-order valence-electron chi connectivity index (χ1n) is 8.62. The molecule has 1 aromatic carbocycles. The Hall–Kier alpha value is -3.49. The van der Waals surface area contributed by atoms with Crippen molar-refractivity contribution in [3.63, 3.8) is 0 Å². The molecule has 0 radical (unpaired) electrons. The number of imide groups is 1. The molecule has 3 aromatic rings. The number of amides is 3. The number of hydrogen-bond acceptors (Lipinski definition) is 5. The average molecular weight is 365 g/mol. The molecule has 1 N–H and O–H groups in total. The van der Waals surface area contributed by atoms with Crippen molar-refractivity contribution in [1.29, 1.82) is 0 Å². The van der Waals surface area contributed by atoms with E-state index in [1.807, 2.05) is 43.3 Å². The zero-order valence-corrected chi connectivity index (χ0v) is 15.1. The molecule has 0 saturated carbocycles. The van der Waals surface area contributed by atoms with Crippen molar-refractivity contribution in [3.8, 4) is 0 Å². The largest absolute Gasteiger partial charge is 0.332 e. The van der Waals surface area contributed by atoms with Gasteiger partial charge in [-0.15, -0.1) is 5.10 Å². The van der Waals surface area contributed by atoms with Crippen molar-refractivity contribution in [1.82, 2.24) is 29.9 Å². The molecule has 0 bridgehead atoms. The highest BCUT2D eigenvalue weighted by molar-refractivity contribution is 6.07. The number of hydrogen-bond donors (Lipinski definition) is 1. The van der Waals surface area contributed by atoms with Crippen molar-refractivity contribution in [2.75, 3.05) is 18.5 Å². The molecule has 3 amide bonds. The van der Waals surface area contributed by atoms with Gasteiger partial charge in [0.2, 0.25) is 5.82 Å². The summed E-state index contributed by atoms with van der Waals surface area (Å²) in [5, 5.41) is 11.2. The Morgan fingerprint density at radius 2 is 2.00 bits per heavy atom. The van der Waals surface area contributed by atoms with Gasteiger partial charge in [-0.05, 0) is 12.5 Å². The maximum absolute atomic E-state index is 12.8. The number of anilines is 1. The number of nitrogens with zero attached hydrogens (tertiary/aromatic N) is 6. The number of benzene rings is 1. The highest BCUT2D eigenvalue weighted by Crippen LogP contribution is 2.20. The Bertz CT molecular complexity index is 992. The molecule has 9 nitrogen and oxygen atoms in total. The number of carbonyl (C=O) groups is 2. The Morgan fingerprint density at radius 1 is 1.22 bits per heavy atom. The molecule has 138 valence electrons. The summed E-state index contributed by atoms with van der Waals surface area (Å²) in [5.74, 6) is 0.694. The minimum Gasteiger partial charge on any atom is -0.281 e. The number of aromatic amines is 1. The number of aryl methyl sites for hydroxylation is 1. The Morgan fingerprint density at radius 3 is 2.78 bits per heavy atom. The summed E-state index contributed by atoms with van der Waals surface area (Å²) in [6, 6.07) is 11.2. The quantitative estimate of drug-likeness (QED) is 0.760. The molecular formula is C18H19N7O2. The molecule has 4 rings (SSSR count). The van der Waals surface area contributed by atoms with E-state index in [4.69, 9.17) is 0 Å². The van der Waals surface area contributed by atoms with Gasteiger partial charge in [-0.2, -0.15) is 5.10 Å². The minimum atomic E-state index is -0.523. The van der Waals surface area contributed by atoms with Gasteiger partial charge in [0.15, 0.2) is 0 Å². The SMILES string of the molecule is Cc1cc2n(n1)CCN(C(=O)c1n[nH]c(Cc3ccccc3)n1)C(=O)N2C. The van der Waals surface area contributed by atoms with Gasteiger partial charge in [0.05, 0.1) is 18.8 Å². The molecule has 2 aromatic heterocycles. The zero-order valence-electron chi connectivity index (χ0n) is 15.1. The first-order chi connectivity index (χ1) is 13.0. The Balaban J connectivity index is 1.53. The molecular weight excluding hydrogens is 346 g/mol. The lowest BCUT2D eigenvalue weighted by Crippen LogP contribution is -2.44. The molecule has 1 aliphatic rings. The average Bonchev–Trinajstić information content (AvgIpc) is 3.25. The van der Waals surface area contributed by atoms with Crippen molar-refractivity contribution in [2.24, 2.45) is 0 Å². The Labute approximate surface area is 155 Å². The van der Waals surface area contributed by atoms with Crippen LogP contribution in [0.25, 0.3) is 0 Å². The summed E-state index contributed by atoms with van der Waals surface area (Å²) in [4.78, 5) is 32.4. The lowest BCUT2D eigenvalue weighted by atomic mass is 10.1. The predicted molar refractivity (Wildman–Crippen MR) is 97.4 cm³/mol. The molecule has 0 unspecified atom stereocenters. The van der Waals surface area contributed by atoms with E-state index in [1.165, 1.54) is 4.90 Å². The van der Waals surface area contributed by atoms with Crippen LogP contribution >= 0.6 is 0 Å². The summed E-state index contributed by atoms with van der Waals surface area (Å²) in [6.07, 6.45) is 0.531. The van der Waals surface area contributed by atoms with Crippen LogP contribution in [0.3, 0.4) is 0 Å². The smallest absolute Gasteiger partial charge is 0.281 e. The summed E-state index contributed by atoms with van der Waals surface area (Å²) in [7, 11) is 1.62. The van der Waals surface area contributed by atoms with Crippen LogP contribution in [0.1, 0.15) is 27.7 Å². The summed E-state index contributed by atoms with van der Waals surface area (Å²) in [5.41, 5.74) is 1.88. The van der Waals surface area contributed by atoms with Crippen LogP contribution in [-0.2, 0) is 13.0 Å². The van der Waals surface area contributed by atoms with E-state index in [0.717, 1.165) is 16.2 Å². The molecule has 0 fully saturated rings. The monoisotopic (exact) mass is 365 g/mol. The van der Waals surface area contributed by atoms with Crippen molar-refractivity contribution >= 4 is 17.8 Å². The van der Waals surface area contributed by atoms with E-state index in [-0.39, 0.29) is 12.4 Å². The van der Waals surface area contributed by atoms with Crippen LogP contribution < -0.4 is 4.90 Å². The van der Waals surface area contributed by atoms with Gasteiger partial charge in [0.25, 0.3) is 0 Å². The fourth-order valence-corrected chi connectivity index (χ4v) is 3.10. The van der Waals surface area contributed by atoms with Crippen LogP contribution in [0.4, 0.5) is 10.6 Å². The number of nitrogens with one attached hydrogen (secondary N) is 1. The third-order valence-electron chi connectivity index (χ3n) is 4.46. The fraction of sp³-hybridized carbons (Fsp3) is 0.278. The lowest BCUT2D eigenvalue weighted by Gasteiger charge is -2.21. The third kappa shape index (κ3) is 3.19. The van der Waals surface area contributed by atoms with E-state index in [0.29, 0.717) is 24.6 Å². The van der Waals surface area contributed by atoms with Gasteiger partial charge in [-0.25, -0.2) is 14.5 Å². The molecule has 0 spiro atoms. The van der Waals surface area contributed by atoms with Gasteiger partial charge < -0.3 is 0 Å². The van der Waals surface area contributed by atoms with E-state index in [9.17, 15) is 9.59 Å². The maximum atomic E-state index is 12.8. The van der Waals surface area contributed by atoms with Crippen LogP contribution in [0.2, 0.25) is 0 Å². The molecule has 27 heavy (non-hydrogen) atoms. The molecule has 0 saturated heterocycles. The van der Waals surface area contributed by atoms with E-state index >= 15 is 0 Å². The van der Waals surface area contributed by atoms with Crippen LogP contribution in [-0.4, -0.2) is 55.4 Å². The van der Waals surface area contributed by atoms with Crippen LogP contribution in [0, 0.1) is 6.92 Å². The number of carbonyl (C=O) groups excluding carboxylic acids is 2. The second-order valence-electron chi connectivity index (χ2n) is 6.43. The predicted octanol–water partition coefficient (Wildman–Crippen LogP) is 1.61. The van der Waals surface area contributed by atoms with Crippen molar-refractivity contribution in [2.45, 2.75) is 19.9 Å².